The van der Waals surface area contributed by atoms with Crippen LogP contribution in [0.3, 0.4) is 0 Å². The van der Waals surface area contributed by atoms with Crippen LogP contribution in [0, 0.1) is 0 Å². The average molecular weight is 353 g/mol. The fourth-order valence-electron chi connectivity index (χ4n) is 4.68. The van der Waals surface area contributed by atoms with E-state index in [1.807, 2.05) is 41.5 Å². The van der Waals surface area contributed by atoms with E-state index in [4.69, 9.17) is 42.1 Å². The second-order valence-electron chi connectivity index (χ2n) is 8.52. The lowest BCUT2D eigenvalue weighted by Gasteiger charge is -2.57. The van der Waals surface area contributed by atoms with E-state index in [0.29, 0.717) is 12.8 Å². The summed E-state index contributed by atoms with van der Waals surface area (Å²) in [4.78, 5) is 0. The van der Waals surface area contributed by atoms with Crippen molar-refractivity contribution in [2.24, 2.45) is 0 Å². The first-order chi connectivity index (χ1) is 9.86. The fourth-order valence-corrected chi connectivity index (χ4v) is 5.46. The van der Waals surface area contributed by atoms with Gasteiger partial charge in [-0.1, -0.05) is 0 Å². The molecule has 3 saturated heterocycles. The van der Waals surface area contributed by atoms with Crippen LogP contribution >= 0.6 is 23.2 Å². The minimum Gasteiger partial charge on any atom is -0.340 e. The summed E-state index contributed by atoms with van der Waals surface area (Å²) in [6, 6.07) is 0. The molecule has 3 rings (SSSR count). The second kappa shape index (κ2) is 4.53. The molecule has 3 aliphatic rings. The van der Waals surface area contributed by atoms with Crippen LogP contribution < -0.4 is 0 Å². The summed E-state index contributed by atoms with van der Waals surface area (Å²) in [6.07, 6.45) is 1.32. The summed E-state index contributed by atoms with van der Waals surface area (Å²) in [5, 5.41) is 0. The Morgan fingerprint density at radius 3 is 1.23 bits per heavy atom. The molecule has 0 unspecified atom stereocenters. The highest BCUT2D eigenvalue weighted by atomic mass is 35.5. The van der Waals surface area contributed by atoms with Crippen molar-refractivity contribution in [1.29, 1.82) is 0 Å². The van der Waals surface area contributed by atoms with Crippen LogP contribution in [0.2, 0.25) is 0 Å². The molecule has 3 heterocycles. The van der Waals surface area contributed by atoms with Crippen LogP contribution in [0.4, 0.5) is 0 Å². The van der Waals surface area contributed by atoms with Gasteiger partial charge >= 0.3 is 0 Å². The lowest BCUT2D eigenvalue weighted by molar-refractivity contribution is -0.450. The van der Waals surface area contributed by atoms with Gasteiger partial charge in [0.15, 0.2) is 0 Å². The van der Waals surface area contributed by atoms with E-state index in [0.717, 1.165) is 0 Å². The van der Waals surface area contributed by atoms with Gasteiger partial charge in [0.2, 0.25) is 11.6 Å². The smallest absolute Gasteiger partial charge is 0.212 e. The molecule has 0 amide bonds. The highest BCUT2D eigenvalue weighted by Crippen LogP contribution is 2.62. The van der Waals surface area contributed by atoms with Crippen LogP contribution in [0.5, 0.6) is 0 Å². The molecule has 0 spiro atoms. The van der Waals surface area contributed by atoms with Gasteiger partial charge in [-0.25, -0.2) is 0 Å². The Morgan fingerprint density at radius 1 is 0.636 bits per heavy atom. The third-order valence-corrected chi connectivity index (χ3v) is 5.86. The van der Waals surface area contributed by atoms with E-state index >= 15 is 0 Å². The standard InChI is InChI=1S/C16H26Cl2O4/c1-11(2)7-13(5)15(9-17,19-11)22-14(6)8-12(3,4)20-16(14,10-18)21-13/h7-10H2,1-6H3/t13-,14-,15-,16-/m1/s1. The number of halogens is 2. The molecular formula is C16H26Cl2O4. The molecule has 0 aromatic heterocycles. The molecule has 0 radical (unpaired) electrons. The van der Waals surface area contributed by atoms with E-state index in [2.05, 4.69) is 0 Å². The minimum atomic E-state index is -0.994. The van der Waals surface area contributed by atoms with Crippen LogP contribution in [0.1, 0.15) is 54.4 Å². The molecule has 4 atom stereocenters. The topological polar surface area (TPSA) is 36.9 Å². The monoisotopic (exact) mass is 352 g/mol. The molecular weight excluding hydrogens is 327 g/mol. The van der Waals surface area contributed by atoms with Crippen molar-refractivity contribution in [1.82, 2.24) is 0 Å². The van der Waals surface area contributed by atoms with Crippen molar-refractivity contribution in [3.05, 3.63) is 0 Å². The molecule has 6 heteroatoms. The van der Waals surface area contributed by atoms with Crippen molar-refractivity contribution in [3.8, 4) is 0 Å². The Hall–Kier alpha value is 0.420. The SMILES string of the molecule is CC1(C)C[C@@]2(C)O[C@@]3(CCl)OC(C)(C)C[C@@]3(C)O[C@@]2(CCl)O1. The van der Waals surface area contributed by atoms with Gasteiger partial charge in [-0.3, -0.25) is 0 Å². The van der Waals surface area contributed by atoms with Crippen molar-refractivity contribution in [2.45, 2.75) is 88.4 Å². The molecule has 3 aliphatic heterocycles. The van der Waals surface area contributed by atoms with Gasteiger partial charge in [0.1, 0.15) is 11.2 Å². The maximum Gasteiger partial charge on any atom is 0.212 e. The molecule has 128 valence electrons. The summed E-state index contributed by atoms with van der Waals surface area (Å²) in [7, 11) is 0. The summed E-state index contributed by atoms with van der Waals surface area (Å²) in [5.74, 6) is -1.60. The van der Waals surface area contributed by atoms with Crippen molar-refractivity contribution in [2.75, 3.05) is 11.8 Å². The number of hydrogen-bond acceptors (Lipinski definition) is 4. The van der Waals surface area contributed by atoms with Crippen LogP contribution in [-0.4, -0.2) is 45.7 Å². The van der Waals surface area contributed by atoms with Crippen LogP contribution in [0.25, 0.3) is 0 Å². The number of hydrogen-bond donors (Lipinski definition) is 0. The zero-order valence-corrected chi connectivity index (χ0v) is 15.7. The largest absolute Gasteiger partial charge is 0.340 e. The first kappa shape index (κ1) is 17.2. The molecule has 0 aromatic rings. The van der Waals surface area contributed by atoms with Crippen LogP contribution in [-0.2, 0) is 18.9 Å². The zero-order chi connectivity index (χ0) is 16.7. The zero-order valence-electron chi connectivity index (χ0n) is 14.2. The molecule has 0 aliphatic carbocycles. The maximum atomic E-state index is 6.54. The van der Waals surface area contributed by atoms with Gasteiger partial charge in [-0.15, -0.1) is 23.2 Å². The average Bonchev–Trinajstić information content (AvgIpc) is 2.64. The van der Waals surface area contributed by atoms with Crippen molar-refractivity contribution < 1.29 is 18.9 Å². The Bertz CT molecular complexity index is 453. The van der Waals surface area contributed by atoms with Gasteiger partial charge in [0, 0.05) is 12.8 Å². The number of ether oxygens (including phenoxy) is 4. The molecule has 3 fully saturated rings. The highest BCUT2D eigenvalue weighted by Gasteiger charge is 2.76. The molecule has 0 saturated carbocycles. The van der Waals surface area contributed by atoms with Crippen molar-refractivity contribution >= 4 is 23.2 Å². The third-order valence-electron chi connectivity index (χ3n) is 5.15. The maximum absolute atomic E-state index is 6.54. The van der Waals surface area contributed by atoms with E-state index in [1.54, 1.807) is 0 Å². The van der Waals surface area contributed by atoms with E-state index in [-0.39, 0.29) is 23.0 Å². The predicted molar refractivity (Wildman–Crippen MR) is 85.4 cm³/mol. The Balaban J connectivity index is 2.09. The summed E-state index contributed by atoms with van der Waals surface area (Å²) in [5.41, 5.74) is -2.20. The number of alkyl halides is 2. The molecule has 0 aromatic carbocycles. The fraction of sp³-hybridized carbons (Fsp3) is 1.00. The molecule has 0 N–H and O–H groups in total. The summed E-state index contributed by atoms with van der Waals surface area (Å²) >= 11 is 12.6. The first-order valence-electron chi connectivity index (χ1n) is 7.79. The lowest BCUT2D eigenvalue weighted by atomic mass is 9.82. The quantitative estimate of drug-likeness (QED) is 0.708. The molecule has 0 bridgehead atoms. The van der Waals surface area contributed by atoms with E-state index in [1.165, 1.54) is 0 Å². The Labute approximate surface area is 142 Å². The summed E-state index contributed by atoms with van der Waals surface area (Å²) in [6.45, 7) is 12.0. The Morgan fingerprint density at radius 2 is 0.955 bits per heavy atom. The molecule has 4 nitrogen and oxygen atoms in total. The minimum absolute atomic E-state index is 0.196. The van der Waals surface area contributed by atoms with Gasteiger partial charge < -0.3 is 18.9 Å². The Kier molecular flexibility index (Phi) is 3.55. The van der Waals surface area contributed by atoms with Gasteiger partial charge in [0.25, 0.3) is 0 Å². The predicted octanol–water partition coefficient (Wildman–Crippen LogP) is 3.82. The van der Waals surface area contributed by atoms with Gasteiger partial charge in [-0.2, -0.15) is 0 Å². The normalized spacial score (nSPS) is 52.4. The van der Waals surface area contributed by atoms with Gasteiger partial charge in [-0.05, 0) is 41.5 Å². The van der Waals surface area contributed by atoms with Gasteiger partial charge in [0.05, 0.1) is 23.0 Å². The third kappa shape index (κ3) is 2.11. The van der Waals surface area contributed by atoms with E-state index in [9.17, 15) is 0 Å². The number of rotatable bonds is 2. The summed E-state index contributed by atoms with van der Waals surface area (Å²) < 4.78 is 25.6. The number of fused-ring (bicyclic) bond motifs is 2. The van der Waals surface area contributed by atoms with E-state index < -0.39 is 22.8 Å². The molecule has 22 heavy (non-hydrogen) atoms. The lowest BCUT2D eigenvalue weighted by Crippen LogP contribution is -2.72. The highest BCUT2D eigenvalue weighted by molar-refractivity contribution is 6.19. The first-order valence-corrected chi connectivity index (χ1v) is 8.86. The van der Waals surface area contributed by atoms with Crippen molar-refractivity contribution in [3.63, 3.8) is 0 Å². The second-order valence-corrected chi connectivity index (χ2v) is 9.05. The van der Waals surface area contributed by atoms with Crippen LogP contribution in [0.15, 0.2) is 0 Å².